The number of amides is 1. The molecule has 0 aliphatic heterocycles. The maximum absolute atomic E-state index is 12.1. The van der Waals surface area contributed by atoms with Crippen molar-refractivity contribution < 1.29 is 19.2 Å². The second-order valence-corrected chi connectivity index (χ2v) is 5.05. The zero-order chi connectivity index (χ0) is 17.9. The Hall–Kier alpha value is -3.23. The highest BCUT2D eigenvalue weighted by atomic mass is 16.6. The molecule has 0 atom stereocenters. The van der Waals surface area contributed by atoms with Crippen LogP contribution in [0.15, 0.2) is 24.3 Å². The van der Waals surface area contributed by atoms with Gasteiger partial charge in [-0.1, -0.05) is 0 Å². The van der Waals surface area contributed by atoms with E-state index in [1.165, 1.54) is 37.8 Å². The van der Waals surface area contributed by atoms with E-state index in [9.17, 15) is 19.7 Å². The second kappa shape index (κ2) is 6.90. The van der Waals surface area contributed by atoms with E-state index in [1.54, 1.807) is 12.1 Å². The van der Waals surface area contributed by atoms with Crippen molar-refractivity contribution in [2.45, 2.75) is 20.4 Å². The molecule has 24 heavy (non-hydrogen) atoms. The number of carbonyl (C=O) groups is 2. The summed E-state index contributed by atoms with van der Waals surface area (Å²) in [6.07, 6.45) is 0. The number of hydrogen-bond donors (Lipinski definition) is 1. The number of esters is 1. The molecule has 0 radical (unpaired) electrons. The molecule has 0 saturated heterocycles. The number of aromatic nitrogens is 2. The van der Waals surface area contributed by atoms with Gasteiger partial charge in [0.25, 0.3) is 0 Å². The Labute approximate surface area is 137 Å². The molecule has 1 heterocycles. The average Bonchev–Trinajstić information content (AvgIpc) is 2.81. The molecule has 0 spiro atoms. The molecule has 1 amide bonds. The van der Waals surface area contributed by atoms with Gasteiger partial charge in [-0.25, -0.2) is 4.79 Å². The van der Waals surface area contributed by atoms with Crippen LogP contribution in [0.5, 0.6) is 0 Å². The van der Waals surface area contributed by atoms with Crippen LogP contribution in [0.3, 0.4) is 0 Å². The Morgan fingerprint density at radius 3 is 2.42 bits per heavy atom. The Morgan fingerprint density at radius 2 is 1.92 bits per heavy atom. The zero-order valence-electron chi connectivity index (χ0n) is 13.4. The largest absolute Gasteiger partial charge is 0.465 e. The number of carbonyl (C=O) groups excluding carboxylic acids is 2. The van der Waals surface area contributed by atoms with Crippen molar-refractivity contribution in [2.24, 2.45) is 0 Å². The number of hydrogen-bond acceptors (Lipinski definition) is 6. The molecule has 0 bridgehead atoms. The summed E-state index contributed by atoms with van der Waals surface area (Å²) in [7, 11) is 1.28. The van der Waals surface area contributed by atoms with E-state index in [1.807, 2.05) is 0 Å². The summed E-state index contributed by atoms with van der Waals surface area (Å²) in [6, 6.07) is 6.17. The lowest BCUT2D eigenvalue weighted by Gasteiger charge is -2.07. The molecule has 0 aliphatic carbocycles. The molecule has 126 valence electrons. The third-order valence-electron chi connectivity index (χ3n) is 3.41. The summed E-state index contributed by atoms with van der Waals surface area (Å²) in [5.41, 5.74) is 1.33. The van der Waals surface area contributed by atoms with Gasteiger partial charge in [-0.05, 0) is 38.1 Å². The molecular formula is C15H16N4O5. The van der Waals surface area contributed by atoms with Gasteiger partial charge in [0.05, 0.1) is 17.6 Å². The molecule has 0 fully saturated rings. The van der Waals surface area contributed by atoms with Crippen LogP contribution in [0.4, 0.5) is 11.4 Å². The van der Waals surface area contributed by atoms with Crippen LogP contribution in [0.1, 0.15) is 21.7 Å². The highest BCUT2D eigenvalue weighted by molar-refractivity contribution is 5.93. The molecule has 1 aromatic carbocycles. The van der Waals surface area contributed by atoms with E-state index in [4.69, 9.17) is 0 Å². The minimum absolute atomic E-state index is 0.0924. The van der Waals surface area contributed by atoms with E-state index in [0.29, 0.717) is 16.9 Å². The van der Waals surface area contributed by atoms with E-state index in [2.05, 4.69) is 15.2 Å². The summed E-state index contributed by atoms with van der Waals surface area (Å²) < 4.78 is 5.87. The lowest BCUT2D eigenvalue weighted by Crippen LogP contribution is -2.20. The molecule has 0 saturated carbocycles. The normalized spacial score (nSPS) is 10.3. The highest BCUT2D eigenvalue weighted by Crippen LogP contribution is 2.21. The molecule has 9 nitrogen and oxygen atoms in total. The maximum atomic E-state index is 12.1. The minimum Gasteiger partial charge on any atom is -0.465 e. The van der Waals surface area contributed by atoms with Crippen LogP contribution in [0.2, 0.25) is 0 Å². The molecule has 2 rings (SSSR count). The van der Waals surface area contributed by atoms with E-state index in [-0.39, 0.29) is 23.8 Å². The monoisotopic (exact) mass is 332 g/mol. The Bertz CT molecular complexity index is 795. The summed E-state index contributed by atoms with van der Waals surface area (Å²) >= 11 is 0. The predicted octanol–water partition coefficient (Wildman–Crippen LogP) is 1.83. The van der Waals surface area contributed by atoms with Gasteiger partial charge in [0.1, 0.15) is 17.9 Å². The van der Waals surface area contributed by atoms with Gasteiger partial charge < -0.3 is 10.1 Å². The van der Waals surface area contributed by atoms with Crippen molar-refractivity contribution in [2.75, 3.05) is 12.4 Å². The van der Waals surface area contributed by atoms with Crippen molar-refractivity contribution in [3.05, 3.63) is 51.3 Å². The Kier molecular flexibility index (Phi) is 4.93. The fraction of sp³-hybridized carbons (Fsp3) is 0.267. The SMILES string of the molecule is COC(=O)c1ccc(NC(=O)Cn2nc(C)c([N+](=O)[O-])c2C)cc1. The minimum atomic E-state index is -0.516. The summed E-state index contributed by atoms with van der Waals surface area (Å²) in [5.74, 6) is -0.857. The van der Waals surface area contributed by atoms with E-state index >= 15 is 0 Å². The standard InChI is InChI=1S/C15H16N4O5/c1-9-14(19(22)23)10(2)18(17-9)8-13(20)16-12-6-4-11(5-7-12)15(21)24-3/h4-7H,8H2,1-3H3,(H,16,20). The molecule has 0 aliphatic rings. The highest BCUT2D eigenvalue weighted by Gasteiger charge is 2.22. The van der Waals surface area contributed by atoms with E-state index < -0.39 is 10.9 Å². The van der Waals surface area contributed by atoms with Gasteiger partial charge in [-0.15, -0.1) is 0 Å². The molecule has 0 unspecified atom stereocenters. The van der Waals surface area contributed by atoms with Crippen molar-refractivity contribution in [1.82, 2.24) is 9.78 Å². The molecule has 1 N–H and O–H groups in total. The molecular weight excluding hydrogens is 316 g/mol. The van der Waals surface area contributed by atoms with Gasteiger partial charge in [-0.2, -0.15) is 5.10 Å². The second-order valence-electron chi connectivity index (χ2n) is 5.05. The maximum Gasteiger partial charge on any atom is 0.337 e. The number of methoxy groups -OCH3 is 1. The Balaban J connectivity index is 2.07. The van der Waals surface area contributed by atoms with Crippen molar-refractivity contribution in [3.63, 3.8) is 0 Å². The summed E-state index contributed by atoms with van der Waals surface area (Å²) in [5, 5.41) is 17.6. The number of aryl methyl sites for hydroxylation is 1. The first-order valence-corrected chi connectivity index (χ1v) is 7.00. The topological polar surface area (TPSA) is 116 Å². The van der Waals surface area contributed by atoms with Gasteiger partial charge in [-0.3, -0.25) is 19.6 Å². The predicted molar refractivity (Wildman–Crippen MR) is 84.8 cm³/mol. The number of nitro groups is 1. The first-order chi connectivity index (χ1) is 11.3. The van der Waals surface area contributed by atoms with Gasteiger partial charge in [0, 0.05) is 5.69 Å². The average molecular weight is 332 g/mol. The van der Waals surface area contributed by atoms with Gasteiger partial charge in [0.15, 0.2) is 0 Å². The summed E-state index contributed by atoms with van der Waals surface area (Å²) in [4.78, 5) is 33.8. The molecule has 1 aromatic heterocycles. The van der Waals surface area contributed by atoms with Crippen LogP contribution >= 0.6 is 0 Å². The first-order valence-electron chi connectivity index (χ1n) is 7.00. The fourth-order valence-electron chi connectivity index (χ4n) is 2.25. The third kappa shape index (κ3) is 3.57. The van der Waals surface area contributed by atoms with Crippen LogP contribution in [0, 0.1) is 24.0 Å². The number of nitrogens with one attached hydrogen (secondary N) is 1. The third-order valence-corrected chi connectivity index (χ3v) is 3.41. The molecule has 9 heteroatoms. The number of benzene rings is 1. The number of nitrogens with zero attached hydrogens (tertiary/aromatic N) is 3. The Morgan fingerprint density at radius 1 is 1.29 bits per heavy atom. The van der Waals surface area contributed by atoms with Crippen LogP contribution < -0.4 is 5.32 Å². The zero-order valence-corrected chi connectivity index (χ0v) is 13.4. The smallest absolute Gasteiger partial charge is 0.337 e. The number of rotatable bonds is 5. The van der Waals surface area contributed by atoms with Crippen molar-refractivity contribution in [3.8, 4) is 0 Å². The van der Waals surface area contributed by atoms with Crippen molar-refractivity contribution >= 4 is 23.3 Å². The van der Waals surface area contributed by atoms with Crippen LogP contribution in [-0.4, -0.2) is 33.7 Å². The van der Waals surface area contributed by atoms with Gasteiger partial charge >= 0.3 is 11.7 Å². The van der Waals surface area contributed by atoms with Crippen molar-refractivity contribution in [1.29, 1.82) is 0 Å². The van der Waals surface area contributed by atoms with E-state index in [0.717, 1.165) is 0 Å². The fourth-order valence-corrected chi connectivity index (χ4v) is 2.25. The lowest BCUT2D eigenvalue weighted by molar-refractivity contribution is -0.386. The van der Waals surface area contributed by atoms with Gasteiger partial charge in [0.2, 0.25) is 5.91 Å². The van der Waals surface area contributed by atoms with Crippen LogP contribution in [0.25, 0.3) is 0 Å². The lowest BCUT2D eigenvalue weighted by atomic mass is 10.2. The number of ether oxygens (including phenoxy) is 1. The van der Waals surface area contributed by atoms with Crippen LogP contribution in [-0.2, 0) is 16.1 Å². The molecule has 2 aromatic rings. The first kappa shape index (κ1) is 17.1. The number of anilines is 1. The quantitative estimate of drug-likeness (QED) is 0.507. The summed E-state index contributed by atoms with van der Waals surface area (Å²) in [6.45, 7) is 2.90.